The lowest BCUT2D eigenvalue weighted by molar-refractivity contribution is -0.384. The molecule has 1 aromatic carbocycles. The highest BCUT2D eigenvalue weighted by Crippen LogP contribution is 2.29. The molecule has 0 unspecified atom stereocenters. The second-order valence-electron chi connectivity index (χ2n) is 5.66. The summed E-state index contributed by atoms with van der Waals surface area (Å²) in [5, 5.41) is 24.6. The Kier molecular flexibility index (Phi) is 4.98. The van der Waals surface area contributed by atoms with E-state index in [1.807, 2.05) is 0 Å². The zero-order valence-electron chi connectivity index (χ0n) is 12.0. The van der Waals surface area contributed by atoms with Crippen LogP contribution in [0.15, 0.2) is 18.2 Å². The van der Waals surface area contributed by atoms with E-state index < -0.39 is 10.5 Å². The molecule has 0 saturated heterocycles. The first-order valence-corrected chi connectivity index (χ1v) is 7.25. The fraction of sp³-hybridized carbons (Fsp3) is 0.571. The lowest BCUT2D eigenvalue weighted by Gasteiger charge is -2.27. The summed E-state index contributed by atoms with van der Waals surface area (Å²) in [5.74, 6) is 5.32. The number of anilines is 2. The molecule has 21 heavy (non-hydrogen) atoms. The Morgan fingerprint density at radius 3 is 2.38 bits per heavy atom. The number of aliphatic hydroxyl groups is 1. The van der Waals surface area contributed by atoms with E-state index >= 15 is 0 Å². The van der Waals surface area contributed by atoms with Crippen molar-refractivity contribution in [2.24, 2.45) is 5.84 Å². The van der Waals surface area contributed by atoms with Crippen LogP contribution in [0.1, 0.15) is 38.5 Å². The van der Waals surface area contributed by atoms with Gasteiger partial charge in [-0.05, 0) is 18.9 Å². The van der Waals surface area contributed by atoms with E-state index in [2.05, 4.69) is 10.7 Å². The lowest BCUT2D eigenvalue weighted by atomic mass is 9.94. The summed E-state index contributed by atoms with van der Waals surface area (Å²) in [5.41, 5.74) is 2.67. The predicted octanol–water partition coefficient (Wildman–Crippen LogP) is 2.38. The normalized spacial score (nSPS) is 17.8. The fourth-order valence-electron chi connectivity index (χ4n) is 2.73. The Labute approximate surface area is 123 Å². The summed E-state index contributed by atoms with van der Waals surface area (Å²) in [4.78, 5) is 10.4. The first kappa shape index (κ1) is 15.5. The predicted molar refractivity (Wildman–Crippen MR) is 82.0 cm³/mol. The minimum atomic E-state index is -0.739. The fourth-order valence-corrected chi connectivity index (χ4v) is 2.73. The summed E-state index contributed by atoms with van der Waals surface area (Å²) in [6, 6.07) is 4.50. The van der Waals surface area contributed by atoms with E-state index in [4.69, 9.17) is 5.84 Å². The summed E-state index contributed by atoms with van der Waals surface area (Å²) in [7, 11) is 0. The third-order valence-electron chi connectivity index (χ3n) is 3.95. The van der Waals surface area contributed by atoms with Crippen molar-refractivity contribution >= 4 is 17.1 Å². The van der Waals surface area contributed by atoms with Gasteiger partial charge < -0.3 is 15.8 Å². The lowest BCUT2D eigenvalue weighted by Crippen LogP contribution is -2.36. The number of nitrogens with two attached hydrogens (primary N) is 1. The average Bonchev–Trinajstić information content (AvgIpc) is 2.70. The van der Waals surface area contributed by atoms with Gasteiger partial charge in [-0.2, -0.15) is 0 Å². The van der Waals surface area contributed by atoms with E-state index in [1.54, 1.807) is 6.07 Å². The van der Waals surface area contributed by atoms with Crippen LogP contribution in [-0.2, 0) is 0 Å². The van der Waals surface area contributed by atoms with Crippen LogP contribution in [-0.4, -0.2) is 22.2 Å². The van der Waals surface area contributed by atoms with Gasteiger partial charge in [0.2, 0.25) is 0 Å². The zero-order chi connectivity index (χ0) is 15.3. The van der Waals surface area contributed by atoms with E-state index in [0.717, 1.165) is 38.5 Å². The molecular formula is C14H22N4O3. The maximum Gasteiger partial charge on any atom is 0.273 e. The van der Waals surface area contributed by atoms with Crippen LogP contribution in [0.2, 0.25) is 0 Å². The number of non-ortho nitro benzene ring substituents is 1. The zero-order valence-corrected chi connectivity index (χ0v) is 12.0. The molecule has 1 aliphatic rings. The molecule has 0 atom stereocenters. The molecule has 0 aliphatic heterocycles. The molecule has 0 radical (unpaired) electrons. The molecule has 1 aliphatic carbocycles. The van der Waals surface area contributed by atoms with Gasteiger partial charge in [0, 0.05) is 24.4 Å². The van der Waals surface area contributed by atoms with Crippen LogP contribution < -0.4 is 16.6 Å². The van der Waals surface area contributed by atoms with Gasteiger partial charge in [0.25, 0.3) is 5.69 Å². The highest BCUT2D eigenvalue weighted by Gasteiger charge is 2.27. The van der Waals surface area contributed by atoms with Gasteiger partial charge in [-0.1, -0.05) is 25.7 Å². The van der Waals surface area contributed by atoms with Crippen LogP contribution >= 0.6 is 0 Å². The SMILES string of the molecule is NNc1cc(NCC2(O)CCCCCC2)cc([N+](=O)[O-])c1. The number of nitro benzene ring substituents is 1. The Balaban J connectivity index is 2.08. The maximum absolute atomic E-state index is 10.9. The van der Waals surface area contributed by atoms with Crippen molar-refractivity contribution in [3.63, 3.8) is 0 Å². The number of rotatable bonds is 5. The van der Waals surface area contributed by atoms with Crippen LogP contribution in [0.5, 0.6) is 0 Å². The Hall–Kier alpha value is -1.86. The molecule has 7 nitrogen and oxygen atoms in total. The largest absolute Gasteiger partial charge is 0.388 e. The average molecular weight is 294 g/mol. The van der Waals surface area contributed by atoms with E-state index in [0.29, 0.717) is 17.9 Å². The molecule has 0 aromatic heterocycles. The standard InChI is InChI=1S/C14H22N4O3/c15-17-12-7-11(8-13(9-12)18(20)21)16-10-14(19)5-3-1-2-4-6-14/h7-9,16-17,19H,1-6,10,15H2. The summed E-state index contributed by atoms with van der Waals surface area (Å²) in [6.45, 7) is 0.387. The second-order valence-corrected chi connectivity index (χ2v) is 5.66. The Morgan fingerprint density at radius 1 is 1.19 bits per heavy atom. The highest BCUT2D eigenvalue weighted by atomic mass is 16.6. The van der Waals surface area contributed by atoms with Crippen molar-refractivity contribution < 1.29 is 10.0 Å². The number of nitrogen functional groups attached to an aromatic ring is 1. The molecule has 1 saturated carbocycles. The third-order valence-corrected chi connectivity index (χ3v) is 3.95. The van der Waals surface area contributed by atoms with Crippen LogP contribution in [0.25, 0.3) is 0 Å². The van der Waals surface area contributed by atoms with Gasteiger partial charge >= 0.3 is 0 Å². The van der Waals surface area contributed by atoms with Crippen LogP contribution in [0, 0.1) is 10.1 Å². The minimum Gasteiger partial charge on any atom is -0.388 e. The molecule has 0 bridgehead atoms. The van der Waals surface area contributed by atoms with Crippen LogP contribution in [0.4, 0.5) is 17.1 Å². The molecule has 7 heteroatoms. The number of nitrogens with zero attached hydrogens (tertiary/aromatic N) is 1. The van der Waals surface area contributed by atoms with Crippen molar-refractivity contribution in [2.75, 3.05) is 17.3 Å². The van der Waals surface area contributed by atoms with E-state index in [9.17, 15) is 15.2 Å². The number of hydrogen-bond acceptors (Lipinski definition) is 6. The summed E-state index contributed by atoms with van der Waals surface area (Å²) in [6.07, 6.45) is 5.86. The molecule has 1 aromatic rings. The van der Waals surface area contributed by atoms with Gasteiger partial charge in [-0.3, -0.25) is 16.0 Å². The second kappa shape index (κ2) is 6.73. The maximum atomic E-state index is 10.9. The van der Waals surface area contributed by atoms with Crippen molar-refractivity contribution in [3.05, 3.63) is 28.3 Å². The molecule has 116 valence electrons. The highest BCUT2D eigenvalue weighted by molar-refractivity contribution is 5.63. The number of hydrazine groups is 1. The van der Waals surface area contributed by atoms with Crippen molar-refractivity contribution in [1.82, 2.24) is 0 Å². The van der Waals surface area contributed by atoms with Gasteiger partial charge in [0.1, 0.15) is 0 Å². The van der Waals surface area contributed by atoms with Gasteiger partial charge in [0.05, 0.1) is 16.2 Å². The first-order valence-electron chi connectivity index (χ1n) is 7.25. The smallest absolute Gasteiger partial charge is 0.273 e. The summed E-state index contributed by atoms with van der Waals surface area (Å²) >= 11 is 0. The molecule has 5 N–H and O–H groups in total. The van der Waals surface area contributed by atoms with Gasteiger partial charge in [-0.15, -0.1) is 0 Å². The number of hydrogen-bond donors (Lipinski definition) is 4. The molecule has 1 fully saturated rings. The Bertz CT molecular complexity index is 499. The number of benzene rings is 1. The van der Waals surface area contributed by atoms with Crippen molar-refractivity contribution in [3.8, 4) is 0 Å². The Morgan fingerprint density at radius 2 is 1.81 bits per heavy atom. The van der Waals surface area contributed by atoms with Crippen molar-refractivity contribution in [2.45, 2.75) is 44.1 Å². The van der Waals surface area contributed by atoms with Crippen LogP contribution in [0.3, 0.4) is 0 Å². The molecule has 0 heterocycles. The van der Waals surface area contributed by atoms with Gasteiger partial charge in [0.15, 0.2) is 0 Å². The number of nitrogens with one attached hydrogen (secondary N) is 2. The van der Waals surface area contributed by atoms with E-state index in [-0.39, 0.29) is 5.69 Å². The molecule has 2 rings (SSSR count). The monoisotopic (exact) mass is 294 g/mol. The minimum absolute atomic E-state index is 0.0409. The van der Waals surface area contributed by atoms with Crippen molar-refractivity contribution in [1.29, 1.82) is 0 Å². The third kappa shape index (κ3) is 4.30. The first-order chi connectivity index (χ1) is 10.0. The topological polar surface area (TPSA) is 113 Å². The molecule has 0 amide bonds. The quantitative estimate of drug-likeness (QED) is 0.287. The number of nitro groups is 1. The molecular weight excluding hydrogens is 272 g/mol. The summed E-state index contributed by atoms with van der Waals surface area (Å²) < 4.78 is 0. The van der Waals surface area contributed by atoms with E-state index in [1.165, 1.54) is 12.1 Å². The van der Waals surface area contributed by atoms with Gasteiger partial charge in [-0.25, -0.2) is 0 Å². The molecule has 0 spiro atoms.